The minimum absolute atomic E-state index is 0.0873. The summed E-state index contributed by atoms with van der Waals surface area (Å²) in [5, 5.41) is 4.06. The van der Waals surface area contributed by atoms with E-state index >= 15 is 0 Å². The molecule has 0 aliphatic carbocycles. The Morgan fingerprint density at radius 2 is 1.90 bits per heavy atom. The van der Waals surface area contributed by atoms with Crippen molar-refractivity contribution in [2.45, 2.75) is 32.4 Å². The number of ether oxygens (including phenoxy) is 1. The van der Waals surface area contributed by atoms with E-state index in [9.17, 15) is 4.79 Å². The summed E-state index contributed by atoms with van der Waals surface area (Å²) in [6, 6.07) is 18.2. The van der Waals surface area contributed by atoms with Gasteiger partial charge in [0.1, 0.15) is 0 Å². The van der Waals surface area contributed by atoms with Crippen molar-refractivity contribution in [3.63, 3.8) is 0 Å². The van der Waals surface area contributed by atoms with Crippen molar-refractivity contribution in [1.29, 1.82) is 0 Å². The molecule has 4 rings (SSSR count). The van der Waals surface area contributed by atoms with Crippen LogP contribution in [0.15, 0.2) is 60.8 Å². The first kappa shape index (κ1) is 21.1. The molecule has 6 nitrogen and oxygen atoms in total. The van der Waals surface area contributed by atoms with Crippen LogP contribution in [0.25, 0.3) is 5.69 Å². The number of methoxy groups -OCH3 is 1. The first-order valence-corrected chi connectivity index (χ1v) is 10.7. The molecular weight excluding hydrogens is 408 g/mol. The number of esters is 1. The van der Waals surface area contributed by atoms with Crippen LogP contribution in [-0.4, -0.2) is 39.2 Å². The van der Waals surface area contributed by atoms with Gasteiger partial charge >= 0.3 is 5.97 Å². The van der Waals surface area contributed by atoms with Gasteiger partial charge in [-0.15, -0.1) is 0 Å². The molecular formula is C24H26N4O2S. The van der Waals surface area contributed by atoms with Crippen LogP contribution in [0.1, 0.15) is 41.1 Å². The lowest BCUT2D eigenvalue weighted by Crippen LogP contribution is -2.32. The molecule has 3 heterocycles. The van der Waals surface area contributed by atoms with E-state index in [4.69, 9.17) is 17.0 Å². The van der Waals surface area contributed by atoms with Crippen molar-refractivity contribution in [1.82, 2.24) is 19.8 Å². The lowest BCUT2D eigenvalue weighted by molar-refractivity contribution is -0.140. The smallest absolute Gasteiger partial charge is 0.307 e. The zero-order valence-corrected chi connectivity index (χ0v) is 18.7. The lowest BCUT2D eigenvalue weighted by Gasteiger charge is -2.28. The Kier molecular flexibility index (Phi) is 6.04. The van der Waals surface area contributed by atoms with E-state index in [1.807, 2.05) is 36.4 Å². The van der Waals surface area contributed by atoms with Gasteiger partial charge in [0.05, 0.1) is 31.3 Å². The van der Waals surface area contributed by atoms with Crippen molar-refractivity contribution in [2.75, 3.05) is 13.7 Å². The second kappa shape index (κ2) is 8.89. The maximum Gasteiger partial charge on any atom is 0.307 e. The monoisotopic (exact) mass is 434 g/mol. The number of rotatable bonds is 6. The maximum absolute atomic E-state index is 11.9. The van der Waals surface area contributed by atoms with E-state index in [0.29, 0.717) is 11.7 Å². The lowest BCUT2D eigenvalue weighted by atomic mass is 9.96. The molecule has 1 N–H and O–H groups in total. The summed E-state index contributed by atoms with van der Waals surface area (Å²) in [4.78, 5) is 18.5. The molecule has 1 aliphatic heterocycles. The molecule has 1 aromatic carbocycles. The third-order valence-corrected chi connectivity index (χ3v) is 6.14. The van der Waals surface area contributed by atoms with E-state index in [2.05, 4.69) is 51.8 Å². The number of thiocarbonyl (C=S) groups is 1. The minimum Gasteiger partial charge on any atom is -0.469 e. The number of hydrogen-bond donors (Lipinski definition) is 1. The van der Waals surface area contributed by atoms with Crippen LogP contribution >= 0.6 is 12.2 Å². The Morgan fingerprint density at radius 1 is 1.16 bits per heavy atom. The normalized spacial score (nSPS) is 18.2. The largest absolute Gasteiger partial charge is 0.469 e. The molecule has 3 aromatic rings. The number of pyridine rings is 1. The number of nitrogens with one attached hydrogen (secondary N) is 1. The van der Waals surface area contributed by atoms with Crippen LogP contribution < -0.4 is 5.32 Å². The number of carbonyl (C=O) groups excluding carboxylic acids is 1. The molecule has 0 bridgehead atoms. The summed E-state index contributed by atoms with van der Waals surface area (Å²) >= 11 is 5.69. The third-order valence-electron chi connectivity index (χ3n) is 5.79. The zero-order valence-electron chi connectivity index (χ0n) is 17.9. The summed E-state index contributed by atoms with van der Waals surface area (Å²) in [7, 11) is 1.41. The van der Waals surface area contributed by atoms with Crippen molar-refractivity contribution < 1.29 is 9.53 Å². The highest BCUT2D eigenvalue weighted by atomic mass is 32.1. The number of hydrogen-bond acceptors (Lipinski definition) is 4. The molecule has 1 fully saturated rings. The maximum atomic E-state index is 11.9. The molecule has 31 heavy (non-hydrogen) atoms. The first-order valence-electron chi connectivity index (χ1n) is 10.3. The van der Waals surface area contributed by atoms with Gasteiger partial charge in [-0.25, -0.2) is 0 Å². The molecule has 0 unspecified atom stereocenters. The molecule has 0 saturated carbocycles. The fourth-order valence-corrected chi connectivity index (χ4v) is 4.69. The second-order valence-corrected chi connectivity index (χ2v) is 8.03. The van der Waals surface area contributed by atoms with Gasteiger partial charge in [-0.2, -0.15) is 0 Å². The summed E-state index contributed by atoms with van der Waals surface area (Å²) < 4.78 is 7.11. The fraction of sp³-hybridized carbons (Fsp3) is 0.292. The van der Waals surface area contributed by atoms with Gasteiger partial charge in [-0.3, -0.25) is 9.78 Å². The number of para-hydroxylation sites is 1. The van der Waals surface area contributed by atoms with Crippen molar-refractivity contribution in [2.24, 2.45) is 0 Å². The fourth-order valence-electron chi connectivity index (χ4n) is 4.36. The van der Waals surface area contributed by atoms with Crippen molar-refractivity contribution in [3.05, 3.63) is 83.4 Å². The van der Waals surface area contributed by atoms with Crippen LogP contribution in [0.2, 0.25) is 0 Å². The molecule has 1 saturated heterocycles. The number of carbonyl (C=O) groups is 1. The SMILES string of the molecule is COC(=O)CCN1C(=S)N[C@H](c2ccccn2)[C@H]1c1cc(C)n(-c2ccccc2)c1C. The molecule has 0 amide bonds. The van der Waals surface area contributed by atoms with Gasteiger partial charge in [-0.1, -0.05) is 24.3 Å². The predicted molar refractivity (Wildman–Crippen MR) is 124 cm³/mol. The number of aryl methyl sites for hydroxylation is 1. The van der Waals surface area contributed by atoms with Gasteiger partial charge in [-0.05, 0) is 62.0 Å². The van der Waals surface area contributed by atoms with Crippen LogP contribution in [0, 0.1) is 13.8 Å². The number of benzene rings is 1. The Hall–Kier alpha value is -3.19. The summed E-state index contributed by atoms with van der Waals surface area (Å²) in [5.41, 5.74) is 5.48. The van der Waals surface area contributed by atoms with E-state index in [-0.39, 0.29) is 24.5 Å². The minimum atomic E-state index is -0.252. The Bertz CT molecular complexity index is 1080. The highest BCUT2D eigenvalue weighted by Gasteiger charge is 2.41. The van der Waals surface area contributed by atoms with Gasteiger partial charge < -0.3 is 19.5 Å². The highest BCUT2D eigenvalue weighted by molar-refractivity contribution is 7.80. The number of aromatic nitrogens is 2. The van der Waals surface area contributed by atoms with Gasteiger partial charge in [0.2, 0.25) is 0 Å². The van der Waals surface area contributed by atoms with Crippen molar-refractivity contribution >= 4 is 23.3 Å². The Balaban J connectivity index is 1.79. The van der Waals surface area contributed by atoms with E-state index < -0.39 is 0 Å². The quantitative estimate of drug-likeness (QED) is 0.467. The van der Waals surface area contributed by atoms with Crippen molar-refractivity contribution in [3.8, 4) is 5.69 Å². The van der Waals surface area contributed by atoms with Crippen LogP contribution in [-0.2, 0) is 9.53 Å². The van der Waals surface area contributed by atoms with Gasteiger partial charge in [0.15, 0.2) is 5.11 Å². The standard InChI is InChI=1S/C24H26N4O2S/c1-16-15-19(17(2)28(16)18-9-5-4-6-10-18)23-22(20-11-7-8-13-25-20)26-24(31)27(23)14-12-21(29)30-3/h4-11,13,15,22-23H,12,14H2,1-3H3,(H,26,31)/t22-,23-/m1/s1. The topological polar surface area (TPSA) is 59.4 Å². The second-order valence-electron chi connectivity index (χ2n) is 7.64. The summed E-state index contributed by atoms with van der Waals surface area (Å²) in [5.74, 6) is -0.252. The average molecular weight is 435 g/mol. The number of nitrogens with zero attached hydrogens (tertiary/aromatic N) is 3. The summed E-state index contributed by atoms with van der Waals surface area (Å²) in [6.07, 6.45) is 2.06. The molecule has 0 radical (unpaired) electrons. The summed E-state index contributed by atoms with van der Waals surface area (Å²) in [6.45, 7) is 4.71. The van der Waals surface area contributed by atoms with E-state index in [0.717, 1.165) is 28.3 Å². The Morgan fingerprint density at radius 3 is 2.58 bits per heavy atom. The Labute approximate surface area is 187 Å². The van der Waals surface area contributed by atoms with Crippen LogP contribution in [0.3, 0.4) is 0 Å². The van der Waals surface area contributed by atoms with Crippen LogP contribution in [0.4, 0.5) is 0 Å². The van der Waals surface area contributed by atoms with Gasteiger partial charge in [0, 0.05) is 29.8 Å². The average Bonchev–Trinajstić information content (AvgIpc) is 3.28. The molecule has 7 heteroatoms. The molecule has 160 valence electrons. The highest BCUT2D eigenvalue weighted by Crippen LogP contribution is 2.41. The molecule has 0 spiro atoms. The van der Waals surface area contributed by atoms with E-state index in [1.165, 1.54) is 7.11 Å². The molecule has 2 aromatic heterocycles. The zero-order chi connectivity index (χ0) is 22.0. The first-order chi connectivity index (χ1) is 15.0. The third kappa shape index (κ3) is 4.05. The van der Waals surface area contributed by atoms with Crippen LogP contribution in [0.5, 0.6) is 0 Å². The van der Waals surface area contributed by atoms with Gasteiger partial charge in [0.25, 0.3) is 0 Å². The molecule has 2 atom stereocenters. The van der Waals surface area contributed by atoms with E-state index in [1.54, 1.807) is 6.20 Å². The predicted octanol–water partition coefficient (Wildman–Crippen LogP) is 4.02. The molecule has 1 aliphatic rings.